The zero-order valence-corrected chi connectivity index (χ0v) is 11.3. The van der Waals surface area contributed by atoms with E-state index in [1.165, 1.54) is 16.3 Å². The van der Waals surface area contributed by atoms with Crippen molar-refractivity contribution in [1.82, 2.24) is 10.2 Å². The quantitative estimate of drug-likeness (QED) is 0.714. The van der Waals surface area contributed by atoms with Crippen LogP contribution in [0.2, 0.25) is 0 Å². The Bertz CT molecular complexity index is 663. The number of nitrogens with zero attached hydrogens (tertiary/aromatic N) is 2. The van der Waals surface area contributed by atoms with E-state index < -0.39 is 0 Å². The number of rotatable bonds is 2. The van der Waals surface area contributed by atoms with Gasteiger partial charge in [0, 0.05) is 6.42 Å². The van der Waals surface area contributed by atoms with E-state index in [0.717, 1.165) is 15.3 Å². The van der Waals surface area contributed by atoms with E-state index in [-0.39, 0.29) is 0 Å². The van der Waals surface area contributed by atoms with Crippen LogP contribution in [-0.2, 0) is 6.42 Å². The van der Waals surface area contributed by atoms with Crippen molar-refractivity contribution in [2.45, 2.75) is 6.42 Å². The number of hydrogen-bond donors (Lipinski definition) is 0. The Morgan fingerprint density at radius 1 is 1.00 bits per heavy atom. The average Bonchev–Trinajstić information content (AvgIpc) is 2.75. The van der Waals surface area contributed by atoms with Crippen LogP contribution in [0.3, 0.4) is 0 Å². The molecule has 0 saturated heterocycles. The Morgan fingerprint density at radius 2 is 1.82 bits per heavy atom. The molecule has 0 radical (unpaired) electrons. The maximum absolute atomic E-state index is 4.11. The maximum atomic E-state index is 4.11. The first-order valence-electron chi connectivity index (χ1n) is 5.27. The molecule has 4 heteroatoms. The molecule has 2 nitrogen and oxygen atoms in total. The Balaban J connectivity index is 1.95. The van der Waals surface area contributed by atoms with Gasteiger partial charge in [0.2, 0.25) is 0 Å². The summed E-state index contributed by atoms with van der Waals surface area (Å²) in [5, 5.41) is 11.7. The lowest BCUT2D eigenvalue weighted by molar-refractivity contribution is 0.993. The SMILES string of the molecule is Brc1nnc(Cc2ccc3ccccc3c2)s1. The molecule has 2 aromatic carbocycles. The van der Waals surface area contributed by atoms with Crippen LogP contribution < -0.4 is 0 Å². The predicted molar refractivity (Wildman–Crippen MR) is 74.4 cm³/mol. The molecule has 0 fully saturated rings. The fraction of sp³-hybridized carbons (Fsp3) is 0.0769. The number of fused-ring (bicyclic) bond motifs is 1. The molecule has 0 aliphatic carbocycles. The second-order valence-corrected chi connectivity index (χ2v) is 6.15. The molecule has 0 unspecified atom stereocenters. The highest BCUT2D eigenvalue weighted by molar-refractivity contribution is 9.11. The molecule has 3 aromatic rings. The van der Waals surface area contributed by atoms with E-state index in [1.807, 2.05) is 0 Å². The van der Waals surface area contributed by atoms with Crippen molar-refractivity contribution in [3.05, 3.63) is 57.0 Å². The van der Waals surface area contributed by atoms with E-state index >= 15 is 0 Å². The summed E-state index contributed by atoms with van der Waals surface area (Å²) in [7, 11) is 0. The first-order chi connectivity index (χ1) is 8.31. The van der Waals surface area contributed by atoms with Gasteiger partial charge in [0.1, 0.15) is 5.01 Å². The summed E-state index contributed by atoms with van der Waals surface area (Å²) >= 11 is 4.91. The summed E-state index contributed by atoms with van der Waals surface area (Å²) in [5.41, 5.74) is 1.27. The molecule has 0 aliphatic heterocycles. The van der Waals surface area contributed by atoms with Crippen LogP contribution in [0.5, 0.6) is 0 Å². The molecule has 1 heterocycles. The third-order valence-corrected chi connectivity index (χ3v) is 3.97. The van der Waals surface area contributed by atoms with Gasteiger partial charge in [0.05, 0.1) is 0 Å². The van der Waals surface area contributed by atoms with Crippen LogP contribution in [0, 0.1) is 0 Å². The lowest BCUT2D eigenvalue weighted by Gasteiger charge is -2.01. The molecule has 0 spiro atoms. The highest BCUT2D eigenvalue weighted by Crippen LogP contribution is 2.21. The second kappa shape index (κ2) is 4.55. The number of aromatic nitrogens is 2. The van der Waals surface area contributed by atoms with E-state index in [0.29, 0.717) is 0 Å². The molecule has 0 saturated carbocycles. The Kier molecular flexibility index (Phi) is 2.91. The highest BCUT2D eigenvalue weighted by atomic mass is 79.9. The smallest absolute Gasteiger partial charge is 0.142 e. The summed E-state index contributed by atoms with van der Waals surface area (Å²) in [6.07, 6.45) is 0.841. The van der Waals surface area contributed by atoms with Gasteiger partial charge in [0.25, 0.3) is 0 Å². The van der Waals surface area contributed by atoms with Crippen LogP contribution in [0.1, 0.15) is 10.6 Å². The van der Waals surface area contributed by atoms with Crippen LogP contribution in [0.4, 0.5) is 0 Å². The van der Waals surface area contributed by atoms with Gasteiger partial charge >= 0.3 is 0 Å². The van der Waals surface area contributed by atoms with Gasteiger partial charge in [0.15, 0.2) is 3.92 Å². The molecule has 0 bridgehead atoms. The second-order valence-electron chi connectivity index (χ2n) is 3.81. The number of halogens is 1. The topological polar surface area (TPSA) is 25.8 Å². The first-order valence-corrected chi connectivity index (χ1v) is 6.88. The lowest BCUT2D eigenvalue weighted by atomic mass is 10.1. The molecule has 84 valence electrons. The van der Waals surface area contributed by atoms with Crippen LogP contribution in [-0.4, -0.2) is 10.2 Å². The Hall–Kier alpha value is -1.26. The van der Waals surface area contributed by atoms with Gasteiger partial charge in [-0.2, -0.15) is 0 Å². The van der Waals surface area contributed by atoms with Crippen LogP contribution in [0.15, 0.2) is 46.4 Å². The van der Waals surface area contributed by atoms with Crippen molar-refractivity contribution in [2.24, 2.45) is 0 Å². The summed E-state index contributed by atoms with van der Waals surface area (Å²) in [5.74, 6) is 0. The van der Waals surface area contributed by atoms with Crippen molar-refractivity contribution in [3.8, 4) is 0 Å². The molecule has 1 aromatic heterocycles. The summed E-state index contributed by atoms with van der Waals surface area (Å²) in [6, 6.07) is 14.9. The molecule has 0 amide bonds. The average molecular weight is 305 g/mol. The van der Waals surface area contributed by atoms with Crippen LogP contribution in [0.25, 0.3) is 10.8 Å². The van der Waals surface area contributed by atoms with Gasteiger partial charge in [-0.05, 0) is 32.3 Å². The molecule has 0 atom stereocenters. The Morgan fingerprint density at radius 3 is 2.59 bits per heavy atom. The zero-order valence-electron chi connectivity index (χ0n) is 8.93. The van der Waals surface area contributed by atoms with Crippen molar-refractivity contribution in [2.75, 3.05) is 0 Å². The van der Waals surface area contributed by atoms with Crippen LogP contribution >= 0.6 is 27.3 Å². The first kappa shape index (κ1) is 10.9. The highest BCUT2D eigenvalue weighted by Gasteiger charge is 2.03. The summed E-state index contributed by atoms with van der Waals surface area (Å²) in [4.78, 5) is 0. The fourth-order valence-electron chi connectivity index (χ4n) is 1.83. The predicted octanol–water partition coefficient (Wildman–Crippen LogP) is 4.04. The minimum atomic E-state index is 0.841. The van der Waals surface area contributed by atoms with Crippen molar-refractivity contribution in [3.63, 3.8) is 0 Å². The molecule has 0 aliphatic rings. The summed E-state index contributed by atoms with van der Waals surface area (Å²) < 4.78 is 0.841. The molecule has 0 N–H and O–H groups in total. The van der Waals surface area contributed by atoms with E-state index in [4.69, 9.17) is 0 Å². The van der Waals surface area contributed by atoms with Crippen molar-refractivity contribution in [1.29, 1.82) is 0 Å². The number of hydrogen-bond acceptors (Lipinski definition) is 3. The largest absolute Gasteiger partial charge is 0.183 e. The standard InChI is InChI=1S/C13H9BrN2S/c14-13-16-15-12(17-13)8-9-5-6-10-3-1-2-4-11(10)7-9/h1-7H,8H2. The minimum absolute atomic E-state index is 0.841. The van der Waals surface area contributed by atoms with E-state index in [1.54, 1.807) is 11.3 Å². The monoisotopic (exact) mass is 304 g/mol. The summed E-state index contributed by atoms with van der Waals surface area (Å²) in [6.45, 7) is 0. The van der Waals surface area contributed by atoms with Gasteiger partial charge in [-0.3, -0.25) is 0 Å². The molecule has 17 heavy (non-hydrogen) atoms. The van der Waals surface area contributed by atoms with E-state index in [2.05, 4.69) is 68.6 Å². The normalized spacial score (nSPS) is 10.9. The fourth-order valence-corrected chi connectivity index (χ4v) is 3.06. The van der Waals surface area contributed by atoms with Crippen molar-refractivity contribution >= 4 is 38.0 Å². The van der Waals surface area contributed by atoms with Gasteiger partial charge in [-0.1, -0.05) is 53.8 Å². The van der Waals surface area contributed by atoms with Gasteiger partial charge < -0.3 is 0 Å². The molecular weight excluding hydrogens is 296 g/mol. The van der Waals surface area contributed by atoms with Crippen molar-refractivity contribution < 1.29 is 0 Å². The number of benzene rings is 2. The van der Waals surface area contributed by atoms with Gasteiger partial charge in [-0.15, -0.1) is 10.2 Å². The molecular formula is C13H9BrN2S. The minimum Gasteiger partial charge on any atom is -0.142 e. The lowest BCUT2D eigenvalue weighted by Crippen LogP contribution is -1.87. The third kappa shape index (κ3) is 2.37. The van der Waals surface area contributed by atoms with Gasteiger partial charge in [-0.25, -0.2) is 0 Å². The maximum Gasteiger partial charge on any atom is 0.183 e. The zero-order chi connectivity index (χ0) is 11.7. The molecule has 3 rings (SSSR count). The Labute approximate surface area is 111 Å². The van der Waals surface area contributed by atoms with E-state index in [9.17, 15) is 0 Å². The third-order valence-electron chi connectivity index (χ3n) is 2.61.